The number of benzene rings is 2. The molecule has 0 saturated carbocycles. The number of anilines is 2. The second kappa shape index (κ2) is 9.68. The maximum atomic E-state index is 12.9. The van der Waals surface area contributed by atoms with Gasteiger partial charge >= 0.3 is 0 Å². The first-order valence-electron chi connectivity index (χ1n) is 9.69. The molecule has 0 radical (unpaired) electrons. The Morgan fingerprint density at radius 1 is 1.03 bits per heavy atom. The summed E-state index contributed by atoms with van der Waals surface area (Å²) < 4.78 is 5.21. The Hall–Kier alpha value is -3.41. The lowest BCUT2D eigenvalue weighted by molar-refractivity contribution is 0.102. The van der Waals surface area contributed by atoms with Gasteiger partial charge in [0.2, 0.25) is 0 Å². The Labute approximate surface area is 171 Å². The zero-order chi connectivity index (χ0) is 20.6. The van der Waals surface area contributed by atoms with Crippen LogP contribution < -0.4 is 15.4 Å². The molecular formula is C23H26N4O2. The van der Waals surface area contributed by atoms with Gasteiger partial charge in [-0.3, -0.25) is 4.79 Å². The maximum Gasteiger partial charge on any atom is 0.274 e. The summed E-state index contributed by atoms with van der Waals surface area (Å²) in [5.41, 5.74) is 1.80. The molecule has 0 saturated heterocycles. The van der Waals surface area contributed by atoms with E-state index in [1.54, 1.807) is 19.2 Å². The van der Waals surface area contributed by atoms with Gasteiger partial charge in [-0.15, -0.1) is 0 Å². The smallest absolute Gasteiger partial charge is 0.274 e. The van der Waals surface area contributed by atoms with Crippen molar-refractivity contribution in [1.29, 1.82) is 0 Å². The molecule has 0 aliphatic carbocycles. The van der Waals surface area contributed by atoms with E-state index in [0.717, 1.165) is 18.5 Å². The first-order valence-corrected chi connectivity index (χ1v) is 9.69. The Bertz CT molecular complexity index is 958. The van der Waals surface area contributed by atoms with E-state index in [1.165, 1.54) is 0 Å². The van der Waals surface area contributed by atoms with Gasteiger partial charge in [0.15, 0.2) is 5.82 Å². The number of methoxy groups -OCH3 is 1. The van der Waals surface area contributed by atoms with E-state index in [0.29, 0.717) is 34.7 Å². The highest BCUT2D eigenvalue weighted by molar-refractivity contribution is 6.03. The molecule has 0 atom stereocenters. The van der Waals surface area contributed by atoms with Gasteiger partial charge in [0.25, 0.3) is 5.91 Å². The van der Waals surface area contributed by atoms with Crippen molar-refractivity contribution >= 4 is 17.4 Å². The maximum absolute atomic E-state index is 12.9. The second-order valence-electron chi connectivity index (χ2n) is 7.12. The number of nitrogens with zero attached hydrogens (tertiary/aromatic N) is 2. The van der Waals surface area contributed by atoms with Crippen LogP contribution in [0.1, 0.15) is 30.8 Å². The van der Waals surface area contributed by atoms with Crippen molar-refractivity contribution in [2.75, 3.05) is 24.3 Å². The summed E-state index contributed by atoms with van der Waals surface area (Å²) in [6.45, 7) is 5.12. The van der Waals surface area contributed by atoms with Crippen molar-refractivity contribution in [3.05, 3.63) is 66.4 Å². The number of amides is 1. The number of hydrogen-bond donors (Lipinski definition) is 2. The van der Waals surface area contributed by atoms with E-state index < -0.39 is 0 Å². The fourth-order valence-electron chi connectivity index (χ4n) is 2.76. The predicted molar refractivity (Wildman–Crippen MR) is 116 cm³/mol. The summed E-state index contributed by atoms with van der Waals surface area (Å²) in [4.78, 5) is 21.9. The van der Waals surface area contributed by atoms with E-state index >= 15 is 0 Å². The SMILES string of the molecule is COc1cccc(NC(=O)c2cc(NCCC(C)C)nc(-c3ccccc3)n2)c1. The molecule has 3 aromatic rings. The summed E-state index contributed by atoms with van der Waals surface area (Å²) in [5, 5.41) is 6.19. The van der Waals surface area contributed by atoms with Crippen molar-refractivity contribution in [2.45, 2.75) is 20.3 Å². The van der Waals surface area contributed by atoms with Gasteiger partial charge in [-0.05, 0) is 24.5 Å². The third kappa shape index (κ3) is 5.78. The molecule has 3 rings (SSSR count). The fourth-order valence-corrected chi connectivity index (χ4v) is 2.76. The highest BCUT2D eigenvalue weighted by Crippen LogP contribution is 2.20. The zero-order valence-corrected chi connectivity index (χ0v) is 17.0. The molecule has 0 aliphatic heterocycles. The molecule has 29 heavy (non-hydrogen) atoms. The van der Waals surface area contributed by atoms with Crippen LogP contribution in [0, 0.1) is 5.92 Å². The highest BCUT2D eigenvalue weighted by Gasteiger charge is 2.14. The summed E-state index contributed by atoms with van der Waals surface area (Å²) in [5.74, 6) is 2.09. The Kier molecular flexibility index (Phi) is 6.79. The molecule has 0 unspecified atom stereocenters. The van der Waals surface area contributed by atoms with Gasteiger partial charge in [-0.2, -0.15) is 0 Å². The average molecular weight is 390 g/mol. The van der Waals surface area contributed by atoms with Gasteiger partial charge in [0, 0.05) is 29.9 Å². The lowest BCUT2D eigenvalue weighted by Gasteiger charge is -2.12. The van der Waals surface area contributed by atoms with E-state index in [4.69, 9.17) is 4.74 Å². The van der Waals surface area contributed by atoms with Crippen molar-refractivity contribution in [3.8, 4) is 17.1 Å². The third-order valence-corrected chi connectivity index (χ3v) is 4.35. The van der Waals surface area contributed by atoms with Gasteiger partial charge in [-0.1, -0.05) is 50.2 Å². The number of aromatic nitrogens is 2. The normalized spacial score (nSPS) is 10.6. The van der Waals surface area contributed by atoms with Crippen LogP contribution in [0.15, 0.2) is 60.7 Å². The minimum Gasteiger partial charge on any atom is -0.497 e. The molecule has 6 heteroatoms. The number of hydrogen-bond acceptors (Lipinski definition) is 5. The number of nitrogens with one attached hydrogen (secondary N) is 2. The van der Waals surface area contributed by atoms with Gasteiger partial charge < -0.3 is 15.4 Å². The second-order valence-corrected chi connectivity index (χ2v) is 7.12. The molecule has 2 aromatic carbocycles. The monoisotopic (exact) mass is 390 g/mol. The van der Waals surface area contributed by atoms with Crippen LogP contribution in [0.5, 0.6) is 5.75 Å². The third-order valence-electron chi connectivity index (χ3n) is 4.35. The van der Waals surface area contributed by atoms with Crippen LogP contribution in [0.2, 0.25) is 0 Å². The van der Waals surface area contributed by atoms with Gasteiger partial charge in [0.1, 0.15) is 17.3 Å². The minimum absolute atomic E-state index is 0.300. The highest BCUT2D eigenvalue weighted by atomic mass is 16.5. The first kappa shape index (κ1) is 20.3. The molecule has 1 heterocycles. The summed E-state index contributed by atoms with van der Waals surface area (Å²) in [6.07, 6.45) is 1.01. The Morgan fingerprint density at radius 3 is 2.55 bits per heavy atom. The molecular weight excluding hydrogens is 364 g/mol. The van der Waals surface area contributed by atoms with Crippen LogP contribution in [0.4, 0.5) is 11.5 Å². The van der Waals surface area contributed by atoms with Crippen molar-refractivity contribution in [3.63, 3.8) is 0 Å². The van der Waals surface area contributed by atoms with Gasteiger partial charge in [0.05, 0.1) is 7.11 Å². The fraction of sp³-hybridized carbons (Fsp3) is 0.261. The van der Waals surface area contributed by atoms with Crippen molar-refractivity contribution in [2.24, 2.45) is 5.92 Å². The molecule has 2 N–H and O–H groups in total. The molecule has 1 amide bonds. The van der Waals surface area contributed by atoms with Crippen LogP contribution in [0.3, 0.4) is 0 Å². The quantitative estimate of drug-likeness (QED) is 0.574. The zero-order valence-electron chi connectivity index (χ0n) is 17.0. The largest absolute Gasteiger partial charge is 0.497 e. The molecule has 0 bridgehead atoms. The first-order chi connectivity index (χ1) is 14.0. The van der Waals surface area contributed by atoms with E-state index in [1.807, 2.05) is 48.5 Å². The van der Waals surface area contributed by atoms with E-state index in [9.17, 15) is 4.79 Å². The molecule has 0 aliphatic rings. The topological polar surface area (TPSA) is 76.1 Å². The standard InChI is InChI=1S/C23H26N4O2/c1-16(2)12-13-24-21-15-20(26-22(27-21)17-8-5-4-6-9-17)23(28)25-18-10-7-11-19(14-18)29-3/h4-11,14-16H,12-13H2,1-3H3,(H,25,28)(H,24,26,27). The molecule has 150 valence electrons. The molecule has 0 spiro atoms. The average Bonchev–Trinajstić information content (AvgIpc) is 2.74. The van der Waals surface area contributed by atoms with Gasteiger partial charge in [-0.25, -0.2) is 9.97 Å². The number of carbonyl (C=O) groups is 1. The molecule has 1 aromatic heterocycles. The number of rotatable bonds is 8. The van der Waals surface area contributed by atoms with Crippen LogP contribution in [-0.4, -0.2) is 29.5 Å². The Balaban J connectivity index is 1.88. The molecule has 0 fully saturated rings. The molecule has 6 nitrogen and oxygen atoms in total. The number of carbonyl (C=O) groups excluding carboxylic acids is 1. The summed E-state index contributed by atoms with van der Waals surface area (Å²) in [6, 6.07) is 18.5. The predicted octanol–water partition coefficient (Wildman–Crippen LogP) is 4.86. The summed E-state index contributed by atoms with van der Waals surface area (Å²) in [7, 11) is 1.59. The van der Waals surface area contributed by atoms with Crippen molar-refractivity contribution < 1.29 is 9.53 Å². The minimum atomic E-state index is -0.301. The lowest BCUT2D eigenvalue weighted by atomic mass is 10.1. The Morgan fingerprint density at radius 2 is 1.83 bits per heavy atom. The van der Waals surface area contributed by atoms with Crippen molar-refractivity contribution in [1.82, 2.24) is 9.97 Å². The summed E-state index contributed by atoms with van der Waals surface area (Å²) >= 11 is 0. The number of ether oxygens (including phenoxy) is 1. The van der Waals surface area contributed by atoms with E-state index in [2.05, 4.69) is 34.4 Å². The lowest BCUT2D eigenvalue weighted by Crippen LogP contribution is -2.16. The van der Waals surface area contributed by atoms with E-state index in [-0.39, 0.29) is 5.91 Å². The van der Waals surface area contributed by atoms with Crippen LogP contribution >= 0.6 is 0 Å². The van der Waals surface area contributed by atoms with Crippen LogP contribution in [0.25, 0.3) is 11.4 Å². The van der Waals surface area contributed by atoms with Crippen LogP contribution in [-0.2, 0) is 0 Å².